The second-order valence-corrected chi connectivity index (χ2v) is 19.1. The molecule has 3 heteroatoms. The van der Waals surface area contributed by atoms with Crippen LogP contribution < -0.4 is 0 Å². The molecule has 6 unspecified atom stereocenters. The molecule has 6 aliphatic carbocycles. The van der Waals surface area contributed by atoms with Crippen molar-refractivity contribution in [1.29, 1.82) is 0 Å². The highest BCUT2D eigenvalue weighted by Gasteiger charge is 2.46. The third-order valence-corrected chi connectivity index (χ3v) is 15.3. The molecule has 0 radical (unpaired) electrons. The molecule has 8 aliphatic rings. The van der Waals surface area contributed by atoms with Gasteiger partial charge in [-0.1, -0.05) is 139 Å². The normalized spacial score (nSPS) is 26.8. The lowest BCUT2D eigenvalue weighted by Crippen LogP contribution is -2.27. The molecule has 0 saturated heterocycles. The highest BCUT2D eigenvalue weighted by atomic mass is 15.1. The van der Waals surface area contributed by atoms with E-state index in [0.29, 0.717) is 29.6 Å². The van der Waals surface area contributed by atoms with Crippen LogP contribution in [-0.4, -0.2) is 15.3 Å². The van der Waals surface area contributed by atoms with Gasteiger partial charge in [-0.15, -0.1) is 0 Å². The van der Waals surface area contributed by atoms with Crippen LogP contribution in [-0.2, 0) is 12.8 Å². The molecule has 3 heterocycles. The van der Waals surface area contributed by atoms with Crippen LogP contribution in [0.15, 0.2) is 202 Å². The zero-order chi connectivity index (χ0) is 40.9. The molecule has 0 amide bonds. The van der Waals surface area contributed by atoms with Gasteiger partial charge < -0.3 is 0 Å². The van der Waals surface area contributed by atoms with E-state index >= 15 is 0 Å². The van der Waals surface area contributed by atoms with Crippen LogP contribution in [0.1, 0.15) is 85.1 Å². The minimum Gasteiger partial charge on any atom is -0.292 e. The number of nitrogens with zero attached hydrogens (tertiary/aromatic N) is 3. The van der Waals surface area contributed by atoms with E-state index in [4.69, 9.17) is 9.98 Å². The first-order valence-corrected chi connectivity index (χ1v) is 23.2. The van der Waals surface area contributed by atoms with Crippen LogP contribution in [0.4, 0.5) is 0 Å². The van der Waals surface area contributed by atoms with E-state index in [1.807, 2.05) is 0 Å². The van der Waals surface area contributed by atoms with Gasteiger partial charge in [0.25, 0.3) is 0 Å². The molecule has 13 rings (SSSR count). The lowest BCUT2D eigenvalue weighted by Gasteiger charge is -2.37. The molecule has 0 bridgehead atoms. The number of hydrogen-bond acceptors (Lipinski definition) is 2. The number of rotatable bonds is 5. The van der Waals surface area contributed by atoms with Gasteiger partial charge in [0.15, 0.2) is 0 Å². The quantitative estimate of drug-likeness (QED) is 0.174. The van der Waals surface area contributed by atoms with Crippen molar-refractivity contribution in [2.75, 3.05) is 0 Å². The Labute approximate surface area is 365 Å². The molecule has 0 spiro atoms. The van der Waals surface area contributed by atoms with Crippen LogP contribution in [0, 0.1) is 23.7 Å². The Bertz CT molecular complexity index is 3070. The number of aromatic nitrogens is 2. The maximum atomic E-state index is 5.72. The Morgan fingerprint density at radius 1 is 0.758 bits per heavy atom. The largest absolute Gasteiger partial charge is 0.292 e. The highest BCUT2D eigenvalue weighted by molar-refractivity contribution is 6.11. The zero-order valence-corrected chi connectivity index (χ0v) is 35.5. The maximum Gasteiger partial charge on any atom is 0.146 e. The predicted molar refractivity (Wildman–Crippen MR) is 255 cm³/mol. The molecule has 3 nitrogen and oxygen atoms in total. The highest BCUT2D eigenvalue weighted by Crippen LogP contribution is 2.56. The summed E-state index contributed by atoms with van der Waals surface area (Å²) in [6.07, 6.45) is 33.6. The molecule has 1 fully saturated rings. The first-order chi connectivity index (χ1) is 30.6. The fourth-order valence-corrected chi connectivity index (χ4v) is 12.2. The van der Waals surface area contributed by atoms with E-state index in [1.165, 1.54) is 84.8 Å². The molecular formula is C59H51N3. The van der Waals surface area contributed by atoms with Crippen molar-refractivity contribution in [3.63, 3.8) is 0 Å². The van der Waals surface area contributed by atoms with Gasteiger partial charge in [-0.25, -0.2) is 4.98 Å². The molecule has 2 aliphatic heterocycles. The standard InChI is InChI=1S/C59H51N3/c1-36-11-8-14-39(29-36)45-32-46(40-15-9-17-43(30-40)54-28-25-38-13-3-5-20-49(38)59-60-53-21-6-7-22-55(53)62(54)59)34-47(33-45)41-16-10-18-44(31-41)57-56-48-19-4-2-12-37(48)23-26-50(56)51-27-24-42-35-52(42)58(51)61-57/h2-9,11-13,15,17-22,24,26-31,34,39,42,45-46,52,56H,10,14,16,23,25,32-33,35H2,1H3. The molecule has 62 heavy (non-hydrogen) atoms. The molecule has 4 aromatic carbocycles. The van der Waals surface area contributed by atoms with Crippen molar-refractivity contribution in [2.24, 2.45) is 28.7 Å². The number of hydrogen-bond donors (Lipinski definition) is 0. The Morgan fingerprint density at radius 2 is 1.63 bits per heavy atom. The lowest BCUT2D eigenvalue weighted by atomic mass is 9.69. The summed E-state index contributed by atoms with van der Waals surface area (Å²) in [7, 11) is 0. The van der Waals surface area contributed by atoms with Crippen LogP contribution in [0.2, 0.25) is 0 Å². The number of imidazole rings is 1. The molecule has 0 N–H and O–H groups in total. The summed E-state index contributed by atoms with van der Waals surface area (Å²) in [5, 5.41) is 0. The van der Waals surface area contributed by atoms with Gasteiger partial charge in [-0.2, -0.15) is 0 Å². The van der Waals surface area contributed by atoms with Gasteiger partial charge in [0, 0.05) is 17.4 Å². The van der Waals surface area contributed by atoms with Gasteiger partial charge in [0.1, 0.15) is 5.82 Å². The Hall–Kier alpha value is -6.32. The second kappa shape index (κ2) is 14.4. The van der Waals surface area contributed by atoms with Gasteiger partial charge in [0.05, 0.1) is 34.1 Å². The Morgan fingerprint density at radius 3 is 2.58 bits per heavy atom. The van der Waals surface area contributed by atoms with Crippen molar-refractivity contribution in [1.82, 2.24) is 9.55 Å². The minimum absolute atomic E-state index is 0.186. The van der Waals surface area contributed by atoms with E-state index in [1.54, 1.807) is 5.57 Å². The second-order valence-electron chi connectivity index (χ2n) is 19.1. The van der Waals surface area contributed by atoms with Crippen LogP contribution in [0.5, 0.6) is 0 Å². The minimum atomic E-state index is 0.186. The number of aliphatic imine (C=N–C) groups is 1. The molecule has 5 aromatic rings. The number of allylic oxidation sites excluding steroid dienone is 17. The van der Waals surface area contributed by atoms with Crippen LogP contribution in [0.25, 0.3) is 28.1 Å². The molecule has 1 saturated carbocycles. The van der Waals surface area contributed by atoms with Crippen molar-refractivity contribution in [3.8, 4) is 11.4 Å². The van der Waals surface area contributed by atoms with Gasteiger partial charge in [0.2, 0.25) is 0 Å². The predicted octanol–water partition coefficient (Wildman–Crippen LogP) is 13.9. The van der Waals surface area contributed by atoms with Crippen molar-refractivity contribution >= 4 is 22.4 Å². The van der Waals surface area contributed by atoms with Gasteiger partial charge in [-0.3, -0.25) is 9.56 Å². The SMILES string of the molecule is CC1=CC(C2CC(C3=CC(C4=NC5=C(C=CC6CC56)C5=CCc6ccccc6C54)=CCC3)=CC(c3cccc(C4=CCc5ccccc5-c5nc6ccccc6n54)c3)C2)CC=C1. The third-order valence-electron chi connectivity index (χ3n) is 15.3. The first-order valence-electron chi connectivity index (χ1n) is 23.2. The monoisotopic (exact) mass is 801 g/mol. The Kier molecular flexibility index (Phi) is 8.43. The first kappa shape index (κ1) is 36.3. The summed E-state index contributed by atoms with van der Waals surface area (Å²) in [5.74, 6) is 3.90. The van der Waals surface area contributed by atoms with Crippen molar-refractivity contribution in [2.45, 2.75) is 70.1 Å². The summed E-state index contributed by atoms with van der Waals surface area (Å²) in [5.41, 5.74) is 22.8. The average Bonchev–Trinajstić information content (AvgIpc) is 4.07. The lowest BCUT2D eigenvalue weighted by molar-refractivity contribution is 0.338. The summed E-state index contributed by atoms with van der Waals surface area (Å²) in [6.45, 7) is 2.28. The van der Waals surface area contributed by atoms with E-state index in [2.05, 4.69) is 169 Å². The summed E-state index contributed by atoms with van der Waals surface area (Å²) in [4.78, 5) is 11.0. The summed E-state index contributed by atoms with van der Waals surface area (Å²) < 4.78 is 2.42. The number of benzene rings is 4. The average molecular weight is 802 g/mol. The maximum absolute atomic E-state index is 5.72. The molecular weight excluding hydrogens is 751 g/mol. The van der Waals surface area contributed by atoms with E-state index in [9.17, 15) is 0 Å². The van der Waals surface area contributed by atoms with Gasteiger partial charge in [-0.05, 0) is 156 Å². The van der Waals surface area contributed by atoms with E-state index < -0.39 is 0 Å². The fraction of sp³-hybridized carbons (Fsp3) is 0.254. The van der Waals surface area contributed by atoms with Crippen molar-refractivity contribution < 1.29 is 0 Å². The molecule has 302 valence electrons. The number of fused-ring (bicyclic) bond motifs is 11. The zero-order valence-electron chi connectivity index (χ0n) is 35.5. The van der Waals surface area contributed by atoms with E-state index in [-0.39, 0.29) is 5.92 Å². The van der Waals surface area contributed by atoms with E-state index in [0.717, 1.165) is 61.8 Å². The van der Waals surface area contributed by atoms with Crippen LogP contribution >= 0.6 is 0 Å². The summed E-state index contributed by atoms with van der Waals surface area (Å²) >= 11 is 0. The van der Waals surface area contributed by atoms with Crippen LogP contribution in [0.3, 0.4) is 0 Å². The smallest absolute Gasteiger partial charge is 0.146 e. The Balaban J connectivity index is 0.901. The fourth-order valence-electron chi connectivity index (χ4n) is 12.2. The van der Waals surface area contributed by atoms with Gasteiger partial charge >= 0.3 is 0 Å². The topological polar surface area (TPSA) is 30.2 Å². The van der Waals surface area contributed by atoms with Crippen molar-refractivity contribution in [3.05, 3.63) is 225 Å². The third kappa shape index (κ3) is 5.99. The summed E-state index contributed by atoms with van der Waals surface area (Å²) in [6, 6.07) is 36.1. The number of para-hydroxylation sites is 2. The molecule has 1 aromatic heterocycles. The molecule has 6 atom stereocenters.